The summed E-state index contributed by atoms with van der Waals surface area (Å²) in [6, 6.07) is 1.59. The Kier molecular flexibility index (Phi) is 4.11. The van der Waals surface area contributed by atoms with Gasteiger partial charge in [-0.2, -0.15) is 0 Å². The Morgan fingerprint density at radius 3 is 3.00 bits per heavy atom. The lowest BCUT2D eigenvalue weighted by atomic mass is 9.96. The van der Waals surface area contributed by atoms with Gasteiger partial charge in [-0.1, -0.05) is 23.7 Å². The van der Waals surface area contributed by atoms with Crippen molar-refractivity contribution < 1.29 is 10.3 Å². The van der Waals surface area contributed by atoms with E-state index in [0.29, 0.717) is 22.9 Å². The second-order valence-corrected chi connectivity index (χ2v) is 5.14. The Morgan fingerprint density at radius 1 is 1.63 bits per heavy atom. The molecule has 0 aliphatic carbocycles. The number of piperidine rings is 1. The fourth-order valence-electron chi connectivity index (χ4n) is 2.15. The molecule has 1 fully saturated rings. The molecule has 0 saturated carbocycles. The third-order valence-electron chi connectivity index (χ3n) is 3.47. The molecule has 7 heteroatoms. The zero-order chi connectivity index (χ0) is 14.0. The maximum Gasteiger partial charge on any atom is 0.171 e. The Bertz CT molecular complexity index is 495. The van der Waals surface area contributed by atoms with Crippen molar-refractivity contribution in [1.29, 1.82) is 0 Å². The van der Waals surface area contributed by atoms with E-state index in [1.807, 2.05) is 11.8 Å². The summed E-state index contributed by atoms with van der Waals surface area (Å²) < 4.78 is 0. The van der Waals surface area contributed by atoms with Crippen molar-refractivity contribution in [3.8, 4) is 0 Å². The van der Waals surface area contributed by atoms with Crippen molar-refractivity contribution in [1.82, 2.24) is 4.98 Å². The summed E-state index contributed by atoms with van der Waals surface area (Å²) in [6.45, 7) is 3.27. The van der Waals surface area contributed by atoms with Crippen LogP contribution in [-0.2, 0) is 0 Å². The number of β-amino-alcohol motifs (C(OH)–C–C–N with tert-alkyl or cyclic N) is 1. The van der Waals surface area contributed by atoms with Crippen molar-refractivity contribution in [2.24, 2.45) is 16.8 Å². The summed E-state index contributed by atoms with van der Waals surface area (Å²) in [7, 11) is 0. The first kappa shape index (κ1) is 13.9. The highest BCUT2D eigenvalue weighted by molar-refractivity contribution is 6.36. The molecule has 1 saturated heterocycles. The number of aliphatic hydroxyl groups is 1. The van der Waals surface area contributed by atoms with Crippen molar-refractivity contribution >= 4 is 23.3 Å². The van der Waals surface area contributed by atoms with Gasteiger partial charge in [-0.15, -0.1) is 0 Å². The molecule has 1 aliphatic rings. The molecule has 1 aromatic rings. The molecular formula is C12H17ClN4O2. The van der Waals surface area contributed by atoms with Gasteiger partial charge in [-0.25, -0.2) is 4.98 Å². The van der Waals surface area contributed by atoms with E-state index >= 15 is 0 Å². The van der Waals surface area contributed by atoms with Crippen LogP contribution in [0.5, 0.6) is 0 Å². The van der Waals surface area contributed by atoms with Gasteiger partial charge in [-0.3, -0.25) is 0 Å². The van der Waals surface area contributed by atoms with E-state index < -0.39 is 6.10 Å². The Hall–Kier alpha value is -1.53. The Morgan fingerprint density at radius 2 is 2.37 bits per heavy atom. The second kappa shape index (κ2) is 5.63. The largest absolute Gasteiger partial charge is 0.409 e. The number of pyridine rings is 1. The van der Waals surface area contributed by atoms with Crippen molar-refractivity contribution in [3.63, 3.8) is 0 Å². The molecule has 1 aliphatic heterocycles. The summed E-state index contributed by atoms with van der Waals surface area (Å²) in [5, 5.41) is 21.9. The number of halogens is 1. The number of anilines is 1. The molecule has 0 aromatic carbocycles. The number of nitrogens with zero attached hydrogens (tertiary/aromatic N) is 3. The van der Waals surface area contributed by atoms with Crippen molar-refractivity contribution in [2.45, 2.75) is 19.4 Å². The summed E-state index contributed by atoms with van der Waals surface area (Å²) in [5.41, 5.74) is 6.00. The molecule has 2 heterocycles. The zero-order valence-electron chi connectivity index (χ0n) is 10.6. The highest BCUT2D eigenvalue weighted by atomic mass is 35.5. The summed E-state index contributed by atoms with van der Waals surface area (Å²) >= 11 is 6.24. The van der Waals surface area contributed by atoms with Crippen molar-refractivity contribution in [3.05, 3.63) is 22.8 Å². The number of hydrogen-bond acceptors (Lipinski definition) is 5. The molecule has 0 spiro atoms. The van der Waals surface area contributed by atoms with Gasteiger partial charge in [0.15, 0.2) is 5.84 Å². The third-order valence-corrected chi connectivity index (χ3v) is 3.85. The van der Waals surface area contributed by atoms with E-state index in [9.17, 15) is 5.11 Å². The molecule has 2 rings (SSSR count). The van der Waals surface area contributed by atoms with Crippen LogP contribution >= 0.6 is 11.6 Å². The van der Waals surface area contributed by atoms with E-state index in [1.165, 1.54) is 0 Å². The van der Waals surface area contributed by atoms with Gasteiger partial charge in [0.05, 0.1) is 11.1 Å². The molecule has 19 heavy (non-hydrogen) atoms. The quantitative estimate of drug-likeness (QED) is 0.326. The fourth-order valence-corrected chi connectivity index (χ4v) is 2.47. The number of nitrogens with two attached hydrogens (primary N) is 1. The molecule has 1 aromatic heterocycles. The van der Waals surface area contributed by atoms with Crippen LogP contribution in [0.4, 0.5) is 5.82 Å². The van der Waals surface area contributed by atoms with E-state index in [0.717, 1.165) is 13.0 Å². The number of oxime groups is 1. The van der Waals surface area contributed by atoms with E-state index in [4.69, 9.17) is 22.5 Å². The van der Waals surface area contributed by atoms with Crippen LogP contribution in [0.25, 0.3) is 0 Å². The predicted molar refractivity (Wildman–Crippen MR) is 73.8 cm³/mol. The highest BCUT2D eigenvalue weighted by Gasteiger charge is 2.27. The number of amidine groups is 1. The predicted octanol–water partition coefficient (Wildman–Crippen LogP) is 1.04. The third kappa shape index (κ3) is 2.74. The monoisotopic (exact) mass is 284 g/mol. The number of hydrogen-bond donors (Lipinski definition) is 3. The summed E-state index contributed by atoms with van der Waals surface area (Å²) in [5.74, 6) is 0.763. The van der Waals surface area contributed by atoms with Gasteiger partial charge in [-0.05, 0) is 18.4 Å². The molecule has 0 radical (unpaired) electrons. The van der Waals surface area contributed by atoms with E-state index in [1.54, 1.807) is 12.3 Å². The minimum Gasteiger partial charge on any atom is -0.409 e. The minimum atomic E-state index is -0.404. The number of aromatic nitrogens is 1. The number of aliphatic hydroxyl groups excluding tert-OH is 1. The lowest BCUT2D eigenvalue weighted by Gasteiger charge is -2.35. The second-order valence-electron chi connectivity index (χ2n) is 4.76. The standard InChI is InChI=1S/C12H17ClN4O2/c1-7-3-5-17(6-9(7)18)12-10(13)8(2-4-15-12)11(14)16-19/h2,4,7,9,18-19H,3,5-6H2,1H3,(H2,14,16). The maximum absolute atomic E-state index is 9.92. The van der Waals surface area contributed by atoms with E-state index in [2.05, 4.69) is 10.1 Å². The zero-order valence-corrected chi connectivity index (χ0v) is 11.4. The van der Waals surface area contributed by atoms with Crippen LogP contribution in [0, 0.1) is 5.92 Å². The maximum atomic E-state index is 9.92. The van der Waals surface area contributed by atoms with Crippen LogP contribution < -0.4 is 10.6 Å². The van der Waals surface area contributed by atoms with Crippen molar-refractivity contribution in [2.75, 3.05) is 18.0 Å². The highest BCUT2D eigenvalue weighted by Crippen LogP contribution is 2.30. The average molecular weight is 285 g/mol. The van der Waals surface area contributed by atoms with Gasteiger partial charge in [0.2, 0.25) is 0 Å². The lowest BCUT2D eigenvalue weighted by Crippen LogP contribution is -2.43. The first-order chi connectivity index (χ1) is 9.04. The molecule has 4 N–H and O–H groups in total. The van der Waals surface area contributed by atoms with E-state index in [-0.39, 0.29) is 11.8 Å². The van der Waals surface area contributed by atoms with Crippen LogP contribution in [0.15, 0.2) is 17.4 Å². The first-order valence-corrected chi connectivity index (χ1v) is 6.47. The minimum absolute atomic E-state index is 0.0559. The van der Waals surface area contributed by atoms with Gasteiger partial charge in [0.1, 0.15) is 5.82 Å². The number of rotatable bonds is 2. The Labute approximate surface area is 116 Å². The van der Waals surface area contributed by atoms with Crippen LogP contribution in [-0.4, -0.2) is 40.3 Å². The average Bonchev–Trinajstić information content (AvgIpc) is 2.41. The lowest BCUT2D eigenvalue weighted by molar-refractivity contribution is 0.102. The molecule has 0 bridgehead atoms. The molecule has 0 amide bonds. The molecular weight excluding hydrogens is 268 g/mol. The summed E-state index contributed by atoms with van der Waals surface area (Å²) in [6.07, 6.45) is 2.02. The SMILES string of the molecule is CC1CCN(c2nccc(/C(N)=N/O)c2Cl)CC1O. The van der Waals surface area contributed by atoms with Gasteiger partial charge < -0.3 is 20.9 Å². The fraction of sp³-hybridized carbons (Fsp3) is 0.500. The van der Waals surface area contributed by atoms with Gasteiger partial charge in [0.25, 0.3) is 0 Å². The normalized spacial score (nSPS) is 24.6. The molecule has 2 atom stereocenters. The smallest absolute Gasteiger partial charge is 0.171 e. The van der Waals surface area contributed by atoms with Crippen LogP contribution in [0.3, 0.4) is 0 Å². The van der Waals surface area contributed by atoms with Crippen LogP contribution in [0.2, 0.25) is 5.02 Å². The molecule has 6 nitrogen and oxygen atoms in total. The van der Waals surface area contributed by atoms with Gasteiger partial charge in [0, 0.05) is 24.8 Å². The molecule has 2 unspecified atom stereocenters. The van der Waals surface area contributed by atoms with Crippen LogP contribution in [0.1, 0.15) is 18.9 Å². The first-order valence-electron chi connectivity index (χ1n) is 6.10. The van der Waals surface area contributed by atoms with Gasteiger partial charge >= 0.3 is 0 Å². The Balaban J connectivity index is 2.31. The summed E-state index contributed by atoms with van der Waals surface area (Å²) in [4.78, 5) is 6.15. The topological polar surface area (TPSA) is 95.0 Å². The molecule has 104 valence electrons.